The average Bonchev–Trinajstić information content (AvgIpc) is 2.94. The van der Waals surface area contributed by atoms with Gasteiger partial charge in [0, 0.05) is 38.5 Å². The van der Waals surface area contributed by atoms with Gasteiger partial charge in [-0.3, -0.25) is 9.69 Å². The highest BCUT2D eigenvalue weighted by Crippen LogP contribution is 2.32. The molecule has 1 aliphatic carbocycles. The number of amides is 1. The highest BCUT2D eigenvalue weighted by Gasteiger charge is 2.48. The van der Waals surface area contributed by atoms with Gasteiger partial charge in [-0.2, -0.15) is 4.99 Å². The second-order valence-electron chi connectivity index (χ2n) is 7.56. The Balaban J connectivity index is 1.31. The van der Waals surface area contributed by atoms with E-state index in [0.29, 0.717) is 12.1 Å². The van der Waals surface area contributed by atoms with Crippen LogP contribution in [0.1, 0.15) is 50.5 Å². The van der Waals surface area contributed by atoms with Crippen molar-refractivity contribution in [3.63, 3.8) is 0 Å². The number of carbonyl (C=O) groups is 1. The lowest BCUT2D eigenvalue weighted by Gasteiger charge is -2.37. The number of carbonyl (C=O) groups excluding carboxylic acids is 1. The zero-order valence-corrected chi connectivity index (χ0v) is 14.7. The van der Waals surface area contributed by atoms with Crippen LogP contribution in [0.2, 0.25) is 0 Å². The maximum atomic E-state index is 12.5. The lowest BCUT2D eigenvalue weighted by atomic mass is 9.90. The number of piperidine rings is 1. The van der Waals surface area contributed by atoms with Crippen LogP contribution in [0.5, 0.6) is 0 Å². The predicted molar refractivity (Wildman–Crippen MR) is 97.2 cm³/mol. The molecule has 2 fully saturated rings. The van der Waals surface area contributed by atoms with Gasteiger partial charge in [0.2, 0.25) is 0 Å². The van der Waals surface area contributed by atoms with Crippen molar-refractivity contribution in [2.75, 3.05) is 13.1 Å². The highest BCUT2D eigenvalue weighted by molar-refractivity contribution is 6.01. The number of amidine groups is 1. The van der Waals surface area contributed by atoms with Gasteiger partial charge in [0.25, 0.3) is 11.9 Å². The van der Waals surface area contributed by atoms with Crippen molar-refractivity contribution >= 4 is 11.9 Å². The maximum absolute atomic E-state index is 12.5. The molecule has 134 valence electrons. The van der Waals surface area contributed by atoms with E-state index < -0.39 is 5.60 Å². The monoisotopic (exact) mass is 341 g/mol. The van der Waals surface area contributed by atoms with Gasteiger partial charge in [-0.05, 0) is 18.4 Å². The lowest BCUT2D eigenvalue weighted by Crippen LogP contribution is -2.49. The average molecular weight is 341 g/mol. The van der Waals surface area contributed by atoms with Crippen molar-refractivity contribution in [2.24, 2.45) is 4.99 Å². The first-order valence-corrected chi connectivity index (χ1v) is 9.58. The number of likely N-dealkylation sites (tertiary alicyclic amines) is 1. The summed E-state index contributed by atoms with van der Waals surface area (Å²) in [6.07, 6.45) is 7.54. The number of nitrogens with zero attached hydrogens (tertiary/aromatic N) is 2. The summed E-state index contributed by atoms with van der Waals surface area (Å²) < 4.78 is 6.07. The minimum atomic E-state index is -0.718. The highest BCUT2D eigenvalue weighted by atomic mass is 16.5. The molecule has 1 saturated carbocycles. The SMILES string of the molecule is O=C1N=C(NC2CCCCC2)OC12CCN(Cc1ccccc1)CC2. The number of hydrogen-bond donors (Lipinski definition) is 1. The Morgan fingerprint density at radius 3 is 2.56 bits per heavy atom. The van der Waals surface area contributed by atoms with E-state index in [1.807, 2.05) is 6.07 Å². The van der Waals surface area contributed by atoms with Crippen molar-refractivity contribution < 1.29 is 9.53 Å². The smallest absolute Gasteiger partial charge is 0.294 e. The van der Waals surface area contributed by atoms with Gasteiger partial charge in [-0.15, -0.1) is 0 Å². The first kappa shape index (κ1) is 16.6. The van der Waals surface area contributed by atoms with Crippen LogP contribution in [-0.2, 0) is 16.1 Å². The number of benzene rings is 1. The fraction of sp³-hybridized carbons (Fsp3) is 0.600. The molecule has 0 bridgehead atoms. The molecule has 5 nitrogen and oxygen atoms in total. The van der Waals surface area contributed by atoms with E-state index in [0.717, 1.165) is 45.3 Å². The van der Waals surface area contributed by atoms with Crippen molar-refractivity contribution in [3.05, 3.63) is 35.9 Å². The zero-order valence-electron chi connectivity index (χ0n) is 14.7. The Morgan fingerprint density at radius 2 is 1.84 bits per heavy atom. The molecule has 0 aromatic heterocycles. The number of nitrogens with one attached hydrogen (secondary N) is 1. The molecule has 25 heavy (non-hydrogen) atoms. The van der Waals surface area contributed by atoms with E-state index in [4.69, 9.17) is 4.74 Å². The van der Waals surface area contributed by atoms with Crippen LogP contribution >= 0.6 is 0 Å². The summed E-state index contributed by atoms with van der Waals surface area (Å²) in [5.74, 6) is -0.0924. The minimum Gasteiger partial charge on any atom is -0.448 e. The second-order valence-corrected chi connectivity index (χ2v) is 7.56. The summed E-state index contributed by atoms with van der Waals surface area (Å²) in [7, 11) is 0. The Morgan fingerprint density at radius 1 is 1.12 bits per heavy atom. The van der Waals surface area contributed by atoms with Gasteiger partial charge in [0.05, 0.1) is 0 Å². The molecule has 5 heteroatoms. The molecule has 4 rings (SSSR count). The first-order chi connectivity index (χ1) is 12.2. The van der Waals surface area contributed by atoms with Crippen molar-refractivity contribution in [1.82, 2.24) is 10.2 Å². The molecule has 3 aliphatic rings. The van der Waals surface area contributed by atoms with Crippen molar-refractivity contribution in [1.29, 1.82) is 0 Å². The van der Waals surface area contributed by atoms with Crippen LogP contribution in [0, 0.1) is 0 Å². The fourth-order valence-corrected chi connectivity index (χ4v) is 4.16. The van der Waals surface area contributed by atoms with Crippen LogP contribution in [0.3, 0.4) is 0 Å². The molecule has 1 aromatic carbocycles. The molecule has 1 amide bonds. The van der Waals surface area contributed by atoms with Crippen LogP contribution in [0.4, 0.5) is 0 Å². The summed E-state index contributed by atoms with van der Waals surface area (Å²) in [5, 5.41) is 3.36. The summed E-state index contributed by atoms with van der Waals surface area (Å²) >= 11 is 0. The van der Waals surface area contributed by atoms with E-state index in [-0.39, 0.29) is 5.91 Å². The van der Waals surface area contributed by atoms with Gasteiger partial charge >= 0.3 is 0 Å². The molecular weight excluding hydrogens is 314 g/mol. The van der Waals surface area contributed by atoms with Crippen LogP contribution < -0.4 is 5.32 Å². The van der Waals surface area contributed by atoms with Crippen LogP contribution in [0.25, 0.3) is 0 Å². The fourth-order valence-electron chi connectivity index (χ4n) is 4.16. The van der Waals surface area contributed by atoms with Crippen molar-refractivity contribution in [2.45, 2.75) is 63.1 Å². The first-order valence-electron chi connectivity index (χ1n) is 9.58. The number of rotatable bonds is 3. The van der Waals surface area contributed by atoms with Gasteiger partial charge in [-0.25, -0.2) is 0 Å². The molecule has 2 aliphatic heterocycles. The standard InChI is InChI=1S/C20H27N3O2/c24-18-20(25-19(22-18)21-17-9-5-2-6-10-17)11-13-23(14-12-20)15-16-7-3-1-4-8-16/h1,3-4,7-8,17H,2,5-6,9-15H2,(H,21,22,24). The van der Waals surface area contributed by atoms with Crippen molar-refractivity contribution in [3.8, 4) is 0 Å². The topological polar surface area (TPSA) is 53.9 Å². The van der Waals surface area contributed by atoms with Gasteiger partial charge in [-0.1, -0.05) is 49.6 Å². The van der Waals surface area contributed by atoms with Gasteiger partial charge < -0.3 is 10.1 Å². The minimum absolute atomic E-state index is 0.0924. The van der Waals surface area contributed by atoms with Gasteiger partial charge in [0.15, 0.2) is 5.60 Å². The van der Waals surface area contributed by atoms with E-state index >= 15 is 0 Å². The summed E-state index contributed by atoms with van der Waals surface area (Å²) in [6, 6.07) is 11.4. The lowest BCUT2D eigenvalue weighted by molar-refractivity contribution is -0.135. The van der Waals surface area contributed by atoms with E-state index in [9.17, 15) is 4.79 Å². The van der Waals surface area contributed by atoms with E-state index in [1.165, 1.54) is 24.8 Å². The molecule has 1 aromatic rings. The largest absolute Gasteiger partial charge is 0.448 e. The third kappa shape index (κ3) is 3.71. The quantitative estimate of drug-likeness (QED) is 0.918. The molecule has 1 saturated heterocycles. The van der Waals surface area contributed by atoms with Crippen LogP contribution in [-0.4, -0.2) is 41.6 Å². The normalized spacial score (nSPS) is 24.2. The number of ether oxygens (including phenoxy) is 1. The predicted octanol–water partition coefficient (Wildman–Crippen LogP) is 2.86. The molecular formula is C20H27N3O2. The van der Waals surface area contributed by atoms with Crippen LogP contribution in [0.15, 0.2) is 35.3 Å². The Labute approximate surface area is 149 Å². The third-order valence-electron chi connectivity index (χ3n) is 5.73. The van der Waals surface area contributed by atoms with E-state index in [2.05, 4.69) is 39.5 Å². The second kappa shape index (κ2) is 7.16. The molecule has 0 radical (unpaired) electrons. The molecule has 0 unspecified atom stereocenters. The summed E-state index contributed by atoms with van der Waals surface area (Å²) in [5.41, 5.74) is 0.595. The summed E-state index contributed by atoms with van der Waals surface area (Å²) in [6.45, 7) is 2.67. The maximum Gasteiger partial charge on any atom is 0.294 e. The molecule has 1 spiro atoms. The van der Waals surface area contributed by atoms with E-state index in [1.54, 1.807) is 0 Å². The number of hydrogen-bond acceptors (Lipinski definition) is 4. The Kier molecular flexibility index (Phi) is 4.75. The molecule has 1 N–H and O–H groups in total. The third-order valence-corrected chi connectivity index (χ3v) is 5.73. The number of aliphatic imine (C=N–C) groups is 1. The molecule has 2 heterocycles. The Hall–Kier alpha value is -1.88. The zero-order chi connectivity index (χ0) is 17.1. The molecule has 0 atom stereocenters. The van der Waals surface area contributed by atoms with Gasteiger partial charge in [0.1, 0.15) is 0 Å². The Bertz CT molecular complexity index is 630. The summed E-state index contributed by atoms with van der Waals surface area (Å²) in [4.78, 5) is 19.1.